The number of amides is 2. The van der Waals surface area contributed by atoms with Crippen LogP contribution < -0.4 is 10.6 Å². The van der Waals surface area contributed by atoms with Crippen molar-refractivity contribution in [2.75, 3.05) is 25.0 Å². The highest BCUT2D eigenvalue weighted by molar-refractivity contribution is 7.14. The fourth-order valence-electron chi connectivity index (χ4n) is 3.00. The molecule has 1 aliphatic rings. The van der Waals surface area contributed by atoms with Gasteiger partial charge in [0.05, 0.1) is 5.69 Å². The van der Waals surface area contributed by atoms with E-state index in [1.54, 1.807) is 0 Å². The Morgan fingerprint density at radius 1 is 1.25 bits per heavy atom. The van der Waals surface area contributed by atoms with Crippen LogP contribution in [0.15, 0.2) is 35.7 Å². The van der Waals surface area contributed by atoms with Crippen LogP contribution in [-0.2, 0) is 0 Å². The Balaban J connectivity index is 1.49. The third kappa shape index (κ3) is 4.79. The smallest absolute Gasteiger partial charge is 0.321 e. The summed E-state index contributed by atoms with van der Waals surface area (Å²) in [7, 11) is 0. The standard InChI is InChI=1S/C18H24N4OS/c1-14(12-22-10-6-3-7-11-22)19-17(23)21-18-20-16(13-24-18)15-8-4-2-5-9-15/h2,4-5,8-9,13-14H,3,6-7,10-12H2,1H3,(H2,19,20,21,23)/t14-/m1/s1. The summed E-state index contributed by atoms with van der Waals surface area (Å²) >= 11 is 1.44. The monoisotopic (exact) mass is 344 g/mol. The molecule has 0 saturated carbocycles. The Hall–Kier alpha value is -1.92. The Bertz CT molecular complexity index is 652. The van der Waals surface area contributed by atoms with Gasteiger partial charge >= 0.3 is 6.03 Å². The zero-order valence-electron chi connectivity index (χ0n) is 14.0. The van der Waals surface area contributed by atoms with Gasteiger partial charge in [-0.2, -0.15) is 0 Å². The van der Waals surface area contributed by atoms with Crippen LogP contribution in [0.5, 0.6) is 0 Å². The number of hydrogen-bond donors (Lipinski definition) is 2. The lowest BCUT2D eigenvalue weighted by Crippen LogP contribution is -2.45. The van der Waals surface area contributed by atoms with Gasteiger partial charge in [-0.3, -0.25) is 5.32 Å². The zero-order valence-corrected chi connectivity index (χ0v) is 14.8. The van der Waals surface area contributed by atoms with E-state index in [-0.39, 0.29) is 12.1 Å². The lowest BCUT2D eigenvalue weighted by molar-refractivity contribution is 0.206. The maximum Gasteiger partial charge on any atom is 0.321 e. The van der Waals surface area contributed by atoms with Crippen LogP contribution in [0, 0.1) is 0 Å². The van der Waals surface area contributed by atoms with Crippen molar-refractivity contribution in [3.8, 4) is 11.3 Å². The van der Waals surface area contributed by atoms with Crippen LogP contribution in [0.2, 0.25) is 0 Å². The van der Waals surface area contributed by atoms with E-state index < -0.39 is 0 Å². The highest BCUT2D eigenvalue weighted by Crippen LogP contribution is 2.24. The van der Waals surface area contributed by atoms with Crippen molar-refractivity contribution < 1.29 is 4.79 Å². The molecule has 0 spiro atoms. The first kappa shape index (κ1) is 16.9. The highest BCUT2D eigenvalue weighted by Gasteiger charge is 2.15. The van der Waals surface area contributed by atoms with Gasteiger partial charge in [-0.05, 0) is 32.9 Å². The molecule has 1 atom stereocenters. The van der Waals surface area contributed by atoms with Crippen LogP contribution in [-0.4, -0.2) is 41.6 Å². The molecule has 0 bridgehead atoms. The van der Waals surface area contributed by atoms with Crippen LogP contribution in [0.4, 0.5) is 9.93 Å². The van der Waals surface area contributed by atoms with Crippen molar-refractivity contribution >= 4 is 22.5 Å². The first-order valence-corrected chi connectivity index (χ1v) is 9.39. The Labute approximate surface area is 147 Å². The second-order valence-corrected chi connectivity index (χ2v) is 7.12. The molecule has 2 heterocycles. The average Bonchev–Trinajstić information content (AvgIpc) is 3.04. The molecular weight excluding hydrogens is 320 g/mol. The number of piperidine rings is 1. The van der Waals surface area contributed by atoms with Gasteiger partial charge in [0.15, 0.2) is 5.13 Å². The number of nitrogens with zero attached hydrogens (tertiary/aromatic N) is 2. The fourth-order valence-corrected chi connectivity index (χ4v) is 3.72. The molecule has 128 valence electrons. The van der Waals surface area contributed by atoms with E-state index in [1.165, 1.54) is 30.6 Å². The molecule has 1 aromatic heterocycles. The van der Waals surface area contributed by atoms with E-state index in [9.17, 15) is 4.79 Å². The molecule has 3 rings (SSSR count). The number of thiazole rings is 1. The quantitative estimate of drug-likeness (QED) is 0.867. The molecule has 2 amide bonds. The van der Waals surface area contributed by atoms with Gasteiger partial charge in [0, 0.05) is 23.5 Å². The Kier molecular flexibility index (Phi) is 5.82. The third-order valence-electron chi connectivity index (χ3n) is 4.15. The molecule has 24 heavy (non-hydrogen) atoms. The summed E-state index contributed by atoms with van der Waals surface area (Å²) in [6.07, 6.45) is 3.85. The number of carbonyl (C=O) groups is 1. The van der Waals surface area contributed by atoms with Crippen molar-refractivity contribution in [2.24, 2.45) is 0 Å². The molecule has 5 nitrogen and oxygen atoms in total. The maximum absolute atomic E-state index is 12.1. The normalized spacial score (nSPS) is 16.5. The van der Waals surface area contributed by atoms with Crippen molar-refractivity contribution in [3.05, 3.63) is 35.7 Å². The second kappa shape index (κ2) is 8.26. The van der Waals surface area contributed by atoms with E-state index in [4.69, 9.17) is 0 Å². The van der Waals surface area contributed by atoms with Gasteiger partial charge in [0.25, 0.3) is 0 Å². The summed E-state index contributed by atoms with van der Waals surface area (Å²) in [6, 6.07) is 9.91. The summed E-state index contributed by atoms with van der Waals surface area (Å²) in [4.78, 5) is 19.0. The largest absolute Gasteiger partial charge is 0.334 e. The summed E-state index contributed by atoms with van der Waals surface area (Å²) in [6.45, 7) is 5.23. The number of nitrogens with one attached hydrogen (secondary N) is 2. The molecule has 0 radical (unpaired) electrons. The van der Waals surface area contributed by atoms with E-state index in [2.05, 4.69) is 20.5 Å². The first-order valence-electron chi connectivity index (χ1n) is 8.51. The third-order valence-corrected chi connectivity index (χ3v) is 4.91. The first-order chi connectivity index (χ1) is 11.7. The summed E-state index contributed by atoms with van der Waals surface area (Å²) in [5.41, 5.74) is 1.94. The molecule has 6 heteroatoms. The van der Waals surface area contributed by atoms with Gasteiger partial charge in [-0.25, -0.2) is 9.78 Å². The Morgan fingerprint density at radius 3 is 2.75 bits per heavy atom. The van der Waals surface area contributed by atoms with Crippen LogP contribution in [0.3, 0.4) is 0 Å². The number of rotatable bonds is 5. The molecular formula is C18H24N4OS. The van der Waals surface area contributed by atoms with Gasteiger partial charge in [0.2, 0.25) is 0 Å². The lowest BCUT2D eigenvalue weighted by Gasteiger charge is -2.29. The van der Waals surface area contributed by atoms with E-state index in [0.717, 1.165) is 30.9 Å². The second-order valence-electron chi connectivity index (χ2n) is 6.26. The van der Waals surface area contributed by atoms with E-state index in [1.807, 2.05) is 42.6 Å². The molecule has 1 aromatic carbocycles. The summed E-state index contributed by atoms with van der Waals surface area (Å²) < 4.78 is 0. The lowest BCUT2D eigenvalue weighted by atomic mass is 10.1. The predicted molar refractivity (Wildman–Crippen MR) is 99.5 cm³/mol. The minimum atomic E-state index is -0.187. The molecule has 0 unspecified atom stereocenters. The van der Waals surface area contributed by atoms with E-state index in [0.29, 0.717) is 5.13 Å². The van der Waals surface area contributed by atoms with E-state index >= 15 is 0 Å². The molecule has 1 fully saturated rings. The molecule has 1 aliphatic heterocycles. The minimum Gasteiger partial charge on any atom is -0.334 e. The average molecular weight is 344 g/mol. The number of carbonyl (C=O) groups excluding carboxylic acids is 1. The SMILES string of the molecule is C[C@H](CN1CCCCC1)NC(=O)Nc1nc(-c2ccccc2)cs1. The highest BCUT2D eigenvalue weighted by atomic mass is 32.1. The van der Waals surface area contributed by atoms with Gasteiger partial charge in [-0.1, -0.05) is 36.8 Å². The van der Waals surface area contributed by atoms with Crippen LogP contribution in [0.1, 0.15) is 26.2 Å². The van der Waals surface area contributed by atoms with Gasteiger partial charge in [0.1, 0.15) is 0 Å². The number of hydrogen-bond acceptors (Lipinski definition) is 4. The predicted octanol–water partition coefficient (Wildman–Crippen LogP) is 3.81. The maximum atomic E-state index is 12.1. The van der Waals surface area contributed by atoms with Gasteiger partial charge < -0.3 is 10.2 Å². The summed E-state index contributed by atoms with van der Waals surface area (Å²) in [5.74, 6) is 0. The number of benzene rings is 1. The molecule has 2 N–H and O–H groups in total. The minimum absolute atomic E-state index is 0.122. The zero-order chi connectivity index (χ0) is 16.8. The van der Waals surface area contributed by atoms with Crippen molar-refractivity contribution in [1.82, 2.24) is 15.2 Å². The number of aromatic nitrogens is 1. The molecule has 0 aliphatic carbocycles. The van der Waals surface area contributed by atoms with Crippen molar-refractivity contribution in [1.29, 1.82) is 0 Å². The number of anilines is 1. The Morgan fingerprint density at radius 2 is 2.00 bits per heavy atom. The van der Waals surface area contributed by atoms with Crippen molar-refractivity contribution in [2.45, 2.75) is 32.2 Å². The van der Waals surface area contributed by atoms with Crippen molar-refractivity contribution in [3.63, 3.8) is 0 Å². The number of likely N-dealkylation sites (tertiary alicyclic amines) is 1. The molecule has 1 saturated heterocycles. The topological polar surface area (TPSA) is 57.3 Å². The van der Waals surface area contributed by atoms with Crippen LogP contribution >= 0.6 is 11.3 Å². The number of urea groups is 1. The van der Waals surface area contributed by atoms with Crippen LogP contribution in [0.25, 0.3) is 11.3 Å². The van der Waals surface area contributed by atoms with Gasteiger partial charge in [-0.15, -0.1) is 11.3 Å². The fraction of sp³-hybridized carbons (Fsp3) is 0.444. The molecule has 2 aromatic rings. The summed E-state index contributed by atoms with van der Waals surface area (Å²) in [5, 5.41) is 8.42.